The van der Waals surface area contributed by atoms with Crippen LogP contribution in [-0.4, -0.2) is 19.5 Å². The lowest BCUT2D eigenvalue weighted by atomic mass is 10.3. The number of carbonyl (C=O) groups is 1. The molecule has 0 saturated heterocycles. The molecular weight excluding hydrogens is 200 g/mol. The summed E-state index contributed by atoms with van der Waals surface area (Å²) < 4.78 is 10.8. The Bertz CT molecular complexity index is 277. The highest BCUT2D eigenvalue weighted by molar-refractivity contribution is 7.10. The highest BCUT2D eigenvalue weighted by atomic mass is 32.1. The molecule has 3 nitrogen and oxygen atoms in total. The molecule has 0 unspecified atom stereocenters. The standard InChI is InChI=1S/C10H14O3S/c1-3-12-10(13-4-2)9-5-8(6-11)7-14-9/h5-7,10H,3-4H2,1-2H3. The highest BCUT2D eigenvalue weighted by Gasteiger charge is 2.13. The van der Waals surface area contributed by atoms with E-state index in [4.69, 9.17) is 9.47 Å². The van der Waals surface area contributed by atoms with E-state index in [9.17, 15) is 4.79 Å². The minimum Gasteiger partial charge on any atom is -0.348 e. The molecule has 14 heavy (non-hydrogen) atoms. The molecule has 1 rings (SSSR count). The molecule has 4 heteroatoms. The molecule has 0 atom stereocenters. The summed E-state index contributed by atoms with van der Waals surface area (Å²) in [5, 5.41) is 1.80. The Kier molecular flexibility index (Phi) is 4.79. The van der Waals surface area contributed by atoms with Crippen molar-refractivity contribution in [2.45, 2.75) is 20.1 Å². The third-order valence-electron chi connectivity index (χ3n) is 1.64. The number of aldehydes is 1. The van der Waals surface area contributed by atoms with Crippen LogP contribution < -0.4 is 0 Å². The summed E-state index contributed by atoms with van der Waals surface area (Å²) in [6.07, 6.45) is 0.498. The molecule has 0 N–H and O–H groups in total. The fourth-order valence-corrected chi connectivity index (χ4v) is 1.92. The molecule has 0 spiro atoms. The summed E-state index contributed by atoms with van der Waals surface area (Å²) in [6.45, 7) is 5.03. The van der Waals surface area contributed by atoms with Crippen LogP contribution in [0.3, 0.4) is 0 Å². The fraction of sp³-hybridized carbons (Fsp3) is 0.500. The second-order valence-electron chi connectivity index (χ2n) is 2.64. The Morgan fingerprint density at radius 1 is 1.43 bits per heavy atom. The molecule has 0 bridgehead atoms. The van der Waals surface area contributed by atoms with E-state index in [1.807, 2.05) is 13.8 Å². The molecule has 0 radical (unpaired) electrons. The van der Waals surface area contributed by atoms with E-state index >= 15 is 0 Å². The molecule has 78 valence electrons. The Labute approximate surface area is 87.7 Å². The van der Waals surface area contributed by atoms with Crippen molar-refractivity contribution in [3.8, 4) is 0 Å². The zero-order valence-electron chi connectivity index (χ0n) is 8.36. The van der Waals surface area contributed by atoms with Gasteiger partial charge in [-0.1, -0.05) is 0 Å². The average Bonchev–Trinajstić information content (AvgIpc) is 2.65. The summed E-state index contributed by atoms with van der Waals surface area (Å²) in [5.74, 6) is 0. The number of ether oxygens (including phenoxy) is 2. The van der Waals surface area contributed by atoms with Crippen LogP contribution in [-0.2, 0) is 9.47 Å². The van der Waals surface area contributed by atoms with E-state index in [2.05, 4.69) is 0 Å². The zero-order chi connectivity index (χ0) is 10.4. The smallest absolute Gasteiger partial charge is 0.193 e. The first kappa shape index (κ1) is 11.4. The Morgan fingerprint density at radius 3 is 2.50 bits per heavy atom. The Hall–Kier alpha value is -0.710. The number of thiophene rings is 1. The second kappa shape index (κ2) is 5.90. The van der Waals surface area contributed by atoms with E-state index in [0.717, 1.165) is 11.2 Å². The van der Waals surface area contributed by atoms with Crippen LogP contribution in [0.4, 0.5) is 0 Å². The maximum atomic E-state index is 10.5. The molecular formula is C10H14O3S. The van der Waals surface area contributed by atoms with Crippen molar-refractivity contribution in [3.63, 3.8) is 0 Å². The van der Waals surface area contributed by atoms with Crippen molar-refractivity contribution in [3.05, 3.63) is 21.9 Å². The summed E-state index contributed by atoms with van der Waals surface area (Å²) >= 11 is 1.48. The van der Waals surface area contributed by atoms with Gasteiger partial charge in [-0.25, -0.2) is 0 Å². The monoisotopic (exact) mass is 214 g/mol. The van der Waals surface area contributed by atoms with Gasteiger partial charge >= 0.3 is 0 Å². The van der Waals surface area contributed by atoms with Crippen molar-refractivity contribution in [1.29, 1.82) is 0 Å². The maximum absolute atomic E-state index is 10.5. The second-order valence-corrected chi connectivity index (χ2v) is 3.59. The van der Waals surface area contributed by atoms with Crippen molar-refractivity contribution in [2.24, 2.45) is 0 Å². The minimum atomic E-state index is -0.330. The van der Waals surface area contributed by atoms with Gasteiger partial charge in [0.25, 0.3) is 0 Å². The zero-order valence-corrected chi connectivity index (χ0v) is 9.17. The van der Waals surface area contributed by atoms with Crippen molar-refractivity contribution in [1.82, 2.24) is 0 Å². The molecule has 0 aliphatic rings. The predicted octanol–water partition coefficient (Wildman–Crippen LogP) is 2.63. The van der Waals surface area contributed by atoms with Gasteiger partial charge in [0.15, 0.2) is 12.6 Å². The lowest BCUT2D eigenvalue weighted by Crippen LogP contribution is -2.06. The molecule has 0 saturated carbocycles. The molecule has 0 aliphatic heterocycles. The fourth-order valence-electron chi connectivity index (χ4n) is 1.07. The largest absolute Gasteiger partial charge is 0.348 e. The van der Waals surface area contributed by atoms with Crippen molar-refractivity contribution in [2.75, 3.05) is 13.2 Å². The van der Waals surface area contributed by atoms with Crippen molar-refractivity contribution < 1.29 is 14.3 Å². The van der Waals surface area contributed by atoms with Crippen LogP contribution in [0.2, 0.25) is 0 Å². The number of rotatable bonds is 6. The summed E-state index contributed by atoms with van der Waals surface area (Å²) in [6, 6.07) is 1.80. The van der Waals surface area contributed by atoms with Crippen molar-refractivity contribution >= 4 is 17.6 Å². The van der Waals surface area contributed by atoms with Gasteiger partial charge in [-0.05, 0) is 19.9 Å². The van der Waals surface area contributed by atoms with Crippen LogP contribution in [0.1, 0.15) is 35.4 Å². The van der Waals surface area contributed by atoms with Gasteiger partial charge in [0, 0.05) is 24.2 Å². The van der Waals surface area contributed by atoms with Gasteiger partial charge in [-0.3, -0.25) is 4.79 Å². The van der Waals surface area contributed by atoms with E-state index in [0.29, 0.717) is 18.8 Å². The number of hydrogen-bond acceptors (Lipinski definition) is 4. The van der Waals surface area contributed by atoms with Crippen LogP contribution in [0, 0.1) is 0 Å². The molecule has 1 aromatic heterocycles. The third-order valence-corrected chi connectivity index (χ3v) is 2.62. The van der Waals surface area contributed by atoms with Gasteiger partial charge in [0.1, 0.15) is 0 Å². The summed E-state index contributed by atoms with van der Waals surface area (Å²) in [7, 11) is 0. The lowest BCUT2D eigenvalue weighted by molar-refractivity contribution is -0.138. The van der Waals surface area contributed by atoms with Gasteiger partial charge in [0.05, 0.1) is 4.88 Å². The van der Waals surface area contributed by atoms with E-state index < -0.39 is 0 Å². The first-order chi connectivity index (χ1) is 6.81. The number of hydrogen-bond donors (Lipinski definition) is 0. The molecule has 1 aromatic rings. The topological polar surface area (TPSA) is 35.5 Å². The molecule has 1 heterocycles. The average molecular weight is 214 g/mol. The highest BCUT2D eigenvalue weighted by Crippen LogP contribution is 2.25. The van der Waals surface area contributed by atoms with Gasteiger partial charge in [-0.15, -0.1) is 11.3 Å². The van der Waals surface area contributed by atoms with E-state index in [1.165, 1.54) is 11.3 Å². The van der Waals surface area contributed by atoms with Crippen LogP contribution in [0.25, 0.3) is 0 Å². The first-order valence-corrected chi connectivity index (χ1v) is 5.46. The first-order valence-electron chi connectivity index (χ1n) is 4.58. The molecule has 0 amide bonds. The lowest BCUT2D eigenvalue weighted by Gasteiger charge is -2.14. The van der Waals surface area contributed by atoms with E-state index in [-0.39, 0.29) is 6.29 Å². The van der Waals surface area contributed by atoms with Gasteiger partial charge in [0.2, 0.25) is 0 Å². The quantitative estimate of drug-likeness (QED) is 0.539. The normalized spacial score (nSPS) is 10.8. The summed E-state index contributed by atoms with van der Waals surface area (Å²) in [5.41, 5.74) is 0.675. The predicted molar refractivity (Wildman–Crippen MR) is 55.7 cm³/mol. The Balaban J connectivity index is 2.70. The van der Waals surface area contributed by atoms with Gasteiger partial charge in [-0.2, -0.15) is 0 Å². The molecule has 0 aromatic carbocycles. The molecule has 0 fully saturated rings. The minimum absolute atomic E-state index is 0.330. The SMILES string of the molecule is CCOC(OCC)c1cc(C=O)cs1. The summed E-state index contributed by atoms with van der Waals surface area (Å²) in [4.78, 5) is 11.4. The third kappa shape index (κ3) is 2.90. The molecule has 0 aliphatic carbocycles. The van der Waals surface area contributed by atoms with E-state index in [1.54, 1.807) is 11.4 Å². The van der Waals surface area contributed by atoms with Crippen LogP contribution in [0.5, 0.6) is 0 Å². The maximum Gasteiger partial charge on any atom is 0.193 e. The van der Waals surface area contributed by atoms with Crippen LogP contribution >= 0.6 is 11.3 Å². The number of carbonyl (C=O) groups excluding carboxylic acids is 1. The Morgan fingerprint density at radius 2 is 2.07 bits per heavy atom. The van der Waals surface area contributed by atoms with Crippen LogP contribution in [0.15, 0.2) is 11.4 Å². The van der Waals surface area contributed by atoms with Gasteiger partial charge < -0.3 is 9.47 Å².